The molecular weight excluding hydrogens is 236 g/mol. The minimum atomic E-state index is 0.375. The lowest BCUT2D eigenvalue weighted by atomic mass is 10.1. The zero-order chi connectivity index (χ0) is 12.1. The molecular formula is C13H19ClN2O. The monoisotopic (exact) mass is 254 g/mol. The van der Waals surface area contributed by atoms with Crippen molar-refractivity contribution in [2.45, 2.75) is 58.2 Å². The zero-order valence-electron chi connectivity index (χ0n) is 10.3. The number of hydrogen-bond donors (Lipinski definition) is 0. The van der Waals surface area contributed by atoms with Gasteiger partial charge in [0.25, 0.3) is 0 Å². The van der Waals surface area contributed by atoms with Crippen molar-refractivity contribution in [3.05, 3.63) is 22.7 Å². The summed E-state index contributed by atoms with van der Waals surface area (Å²) >= 11 is 5.89. The van der Waals surface area contributed by atoms with Crippen LogP contribution in [0.5, 0.6) is 0 Å². The molecule has 1 aliphatic rings. The predicted molar refractivity (Wildman–Crippen MR) is 68.1 cm³/mol. The number of aromatic nitrogens is 2. The fraction of sp³-hybridized carbons (Fsp3) is 0.692. The molecule has 0 amide bonds. The summed E-state index contributed by atoms with van der Waals surface area (Å²) in [6, 6.07) is 1.76. The van der Waals surface area contributed by atoms with E-state index in [-0.39, 0.29) is 0 Å². The van der Waals surface area contributed by atoms with Crippen LogP contribution in [0.15, 0.2) is 6.07 Å². The summed E-state index contributed by atoms with van der Waals surface area (Å²) in [5, 5.41) is 0.497. The van der Waals surface area contributed by atoms with Gasteiger partial charge in [0.15, 0.2) is 5.82 Å². The lowest BCUT2D eigenvalue weighted by molar-refractivity contribution is 0.0272. The summed E-state index contributed by atoms with van der Waals surface area (Å²) in [6.45, 7) is 2.40. The molecule has 1 fully saturated rings. The van der Waals surface area contributed by atoms with Gasteiger partial charge in [-0.05, 0) is 25.8 Å². The van der Waals surface area contributed by atoms with Gasteiger partial charge in [0.05, 0.1) is 6.10 Å². The number of rotatable bonds is 3. The van der Waals surface area contributed by atoms with Crippen molar-refractivity contribution >= 4 is 11.6 Å². The van der Waals surface area contributed by atoms with Crippen molar-refractivity contribution in [2.75, 3.05) is 0 Å². The fourth-order valence-electron chi connectivity index (χ4n) is 2.25. The Hall–Kier alpha value is -0.670. The van der Waals surface area contributed by atoms with Crippen molar-refractivity contribution in [2.24, 2.45) is 0 Å². The highest BCUT2D eigenvalue weighted by atomic mass is 35.5. The normalized spacial score (nSPS) is 18.0. The average Bonchev–Trinajstić information content (AvgIpc) is 2.53. The minimum absolute atomic E-state index is 0.375. The summed E-state index contributed by atoms with van der Waals surface area (Å²) < 4.78 is 5.88. The molecule has 0 spiro atoms. The van der Waals surface area contributed by atoms with Gasteiger partial charge in [0, 0.05) is 5.69 Å². The molecule has 0 saturated heterocycles. The Balaban J connectivity index is 1.87. The highest BCUT2D eigenvalue weighted by molar-refractivity contribution is 6.29. The van der Waals surface area contributed by atoms with Gasteiger partial charge < -0.3 is 4.74 Å². The molecule has 3 nitrogen and oxygen atoms in total. The molecule has 2 rings (SSSR count). The molecule has 1 aliphatic carbocycles. The Morgan fingerprint density at radius 1 is 1.24 bits per heavy atom. The van der Waals surface area contributed by atoms with Gasteiger partial charge in [-0.1, -0.05) is 37.3 Å². The zero-order valence-corrected chi connectivity index (χ0v) is 11.0. The van der Waals surface area contributed by atoms with Crippen molar-refractivity contribution in [3.8, 4) is 0 Å². The van der Waals surface area contributed by atoms with Gasteiger partial charge >= 0.3 is 0 Å². The quantitative estimate of drug-likeness (QED) is 0.610. The highest BCUT2D eigenvalue weighted by Gasteiger charge is 2.13. The van der Waals surface area contributed by atoms with E-state index in [0.717, 1.165) is 5.69 Å². The second kappa shape index (κ2) is 6.31. The average molecular weight is 255 g/mol. The summed E-state index contributed by atoms with van der Waals surface area (Å²) in [7, 11) is 0. The van der Waals surface area contributed by atoms with Gasteiger partial charge in [-0.2, -0.15) is 0 Å². The van der Waals surface area contributed by atoms with Crippen LogP contribution in [0.25, 0.3) is 0 Å². The SMILES string of the molecule is Cc1cc(Cl)nc(COC2CCCCCC2)n1. The first-order valence-corrected chi connectivity index (χ1v) is 6.73. The van der Waals surface area contributed by atoms with Crippen molar-refractivity contribution < 1.29 is 4.74 Å². The van der Waals surface area contributed by atoms with E-state index in [2.05, 4.69) is 9.97 Å². The molecule has 1 heterocycles. The third-order valence-electron chi connectivity index (χ3n) is 3.12. The molecule has 0 unspecified atom stereocenters. The van der Waals surface area contributed by atoms with Crippen LogP contribution in [0.4, 0.5) is 0 Å². The first-order valence-electron chi connectivity index (χ1n) is 6.36. The van der Waals surface area contributed by atoms with Gasteiger partial charge in [-0.15, -0.1) is 0 Å². The molecule has 0 atom stereocenters. The van der Waals surface area contributed by atoms with Crippen LogP contribution in [0.1, 0.15) is 50.0 Å². The number of halogens is 1. The van der Waals surface area contributed by atoms with Gasteiger partial charge in [0.2, 0.25) is 0 Å². The van der Waals surface area contributed by atoms with E-state index in [1.165, 1.54) is 38.5 Å². The second-order valence-corrected chi connectivity index (χ2v) is 5.06. The molecule has 94 valence electrons. The van der Waals surface area contributed by atoms with Gasteiger partial charge in [-0.25, -0.2) is 9.97 Å². The third-order valence-corrected chi connectivity index (χ3v) is 3.31. The van der Waals surface area contributed by atoms with Crippen molar-refractivity contribution in [1.82, 2.24) is 9.97 Å². The Morgan fingerprint density at radius 3 is 2.59 bits per heavy atom. The molecule has 0 aromatic carbocycles. The maximum absolute atomic E-state index is 5.89. The van der Waals surface area contributed by atoms with Crippen LogP contribution in [-0.2, 0) is 11.3 Å². The van der Waals surface area contributed by atoms with Crippen molar-refractivity contribution in [3.63, 3.8) is 0 Å². The van der Waals surface area contributed by atoms with E-state index < -0.39 is 0 Å². The predicted octanol–water partition coefficient (Wildman–Crippen LogP) is 3.68. The summed E-state index contributed by atoms with van der Waals surface area (Å²) in [6.07, 6.45) is 7.94. The molecule has 1 saturated carbocycles. The fourth-order valence-corrected chi connectivity index (χ4v) is 2.51. The lowest BCUT2D eigenvalue weighted by Gasteiger charge is -2.14. The molecule has 0 N–H and O–H groups in total. The number of hydrogen-bond acceptors (Lipinski definition) is 3. The highest BCUT2D eigenvalue weighted by Crippen LogP contribution is 2.20. The first-order chi connectivity index (χ1) is 8.24. The standard InChI is InChI=1S/C13H19ClN2O/c1-10-8-12(14)16-13(15-10)9-17-11-6-4-2-3-5-7-11/h8,11H,2-7,9H2,1H3. The molecule has 4 heteroatoms. The molecule has 0 bridgehead atoms. The number of aryl methyl sites for hydroxylation is 1. The van der Waals surface area contributed by atoms with Crippen LogP contribution < -0.4 is 0 Å². The van der Waals surface area contributed by atoms with E-state index >= 15 is 0 Å². The van der Waals surface area contributed by atoms with E-state index in [4.69, 9.17) is 16.3 Å². The summed E-state index contributed by atoms with van der Waals surface area (Å²) in [4.78, 5) is 8.49. The minimum Gasteiger partial charge on any atom is -0.370 e. The molecule has 0 aliphatic heterocycles. The van der Waals surface area contributed by atoms with Crippen LogP contribution in [0, 0.1) is 6.92 Å². The molecule has 17 heavy (non-hydrogen) atoms. The van der Waals surface area contributed by atoms with E-state index in [9.17, 15) is 0 Å². The van der Waals surface area contributed by atoms with Crippen molar-refractivity contribution in [1.29, 1.82) is 0 Å². The summed E-state index contributed by atoms with van der Waals surface area (Å²) in [5.41, 5.74) is 0.893. The molecule has 0 radical (unpaired) electrons. The first kappa shape index (κ1) is 12.8. The van der Waals surface area contributed by atoms with Crippen LogP contribution in [0.2, 0.25) is 5.15 Å². The maximum Gasteiger partial charge on any atom is 0.155 e. The van der Waals surface area contributed by atoms with Crippen LogP contribution >= 0.6 is 11.6 Å². The third kappa shape index (κ3) is 4.25. The Kier molecular flexibility index (Phi) is 4.75. The Bertz CT molecular complexity index is 342. The lowest BCUT2D eigenvalue weighted by Crippen LogP contribution is -2.13. The largest absolute Gasteiger partial charge is 0.370 e. The van der Waals surface area contributed by atoms with E-state index in [1.807, 2.05) is 6.92 Å². The second-order valence-electron chi connectivity index (χ2n) is 4.67. The molecule has 1 aromatic heterocycles. The number of ether oxygens (including phenoxy) is 1. The molecule has 1 aromatic rings. The van der Waals surface area contributed by atoms with Crippen LogP contribution in [0.3, 0.4) is 0 Å². The number of nitrogens with zero attached hydrogens (tertiary/aromatic N) is 2. The van der Waals surface area contributed by atoms with Crippen LogP contribution in [-0.4, -0.2) is 16.1 Å². The van der Waals surface area contributed by atoms with E-state index in [0.29, 0.717) is 23.7 Å². The topological polar surface area (TPSA) is 35.0 Å². The summed E-state index contributed by atoms with van der Waals surface area (Å²) in [5.74, 6) is 0.694. The van der Waals surface area contributed by atoms with Gasteiger partial charge in [-0.3, -0.25) is 0 Å². The smallest absolute Gasteiger partial charge is 0.155 e. The Labute approximate surface area is 108 Å². The van der Waals surface area contributed by atoms with Gasteiger partial charge in [0.1, 0.15) is 11.8 Å². The Morgan fingerprint density at radius 2 is 1.94 bits per heavy atom. The maximum atomic E-state index is 5.89. The van der Waals surface area contributed by atoms with E-state index in [1.54, 1.807) is 6.07 Å².